The van der Waals surface area contributed by atoms with Crippen molar-refractivity contribution in [3.63, 3.8) is 0 Å². The molecule has 3 rings (SSSR count). The van der Waals surface area contributed by atoms with E-state index in [4.69, 9.17) is 4.84 Å². The molecule has 0 spiro atoms. The van der Waals surface area contributed by atoms with Gasteiger partial charge in [0.2, 0.25) is 0 Å². The van der Waals surface area contributed by atoms with Gasteiger partial charge in [-0.2, -0.15) is 0 Å². The number of carboxylic acids is 1. The molecule has 29 heavy (non-hydrogen) atoms. The number of carboxylic acid groups (broad SMARTS) is 1. The molecule has 1 fully saturated rings. The van der Waals surface area contributed by atoms with Gasteiger partial charge in [0, 0.05) is 3.57 Å². The Morgan fingerprint density at radius 3 is 2.59 bits per heavy atom. The normalized spacial score (nSPS) is 15.3. The van der Waals surface area contributed by atoms with Crippen LogP contribution in [0.25, 0.3) is 0 Å². The third-order valence-corrected chi connectivity index (χ3v) is 6.61. The summed E-state index contributed by atoms with van der Waals surface area (Å²) >= 11 is 2.44. The van der Waals surface area contributed by atoms with Gasteiger partial charge in [-0.1, -0.05) is 49.5 Å². The van der Waals surface area contributed by atoms with Gasteiger partial charge in [0.05, 0.1) is 11.3 Å². The second-order valence-corrected chi connectivity index (χ2v) is 8.83. The number of benzene rings is 2. The van der Waals surface area contributed by atoms with Crippen molar-refractivity contribution >= 4 is 34.3 Å². The summed E-state index contributed by atoms with van der Waals surface area (Å²) in [7, 11) is 0. The van der Waals surface area contributed by atoms with Crippen LogP contribution >= 0.6 is 22.6 Å². The Kier molecular flexibility index (Phi) is 7.70. The van der Waals surface area contributed by atoms with Gasteiger partial charge in [-0.05, 0) is 95.1 Å². The lowest BCUT2D eigenvalue weighted by Gasteiger charge is -2.23. The molecule has 0 bridgehead atoms. The summed E-state index contributed by atoms with van der Waals surface area (Å²) in [5.41, 5.74) is 5.36. The molecule has 0 amide bonds. The molecule has 2 aromatic carbocycles. The molecule has 0 unspecified atom stereocenters. The van der Waals surface area contributed by atoms with Crippen LogP contribution in [-0.4, -0.2) is 16.8 Å². The Bertz CT molecular complexity index is 901. The van der Waals surface area contributed by atoms with Gasteiger partial charge in [0.25, 0.3) is 0 Å². The van der Waals surface area contributed by atoms with Gasteiger partial charge in [0.15, 0.2) is 0 Å². The highest BCUT2D eigenvalue weighted by Gasteiger charge is 2.18. The Balaban J connectivity index is 1.64. The van der Waals surface area contributed by atoms with Crippen molar-refractivity contribution in [1.29, 1.82) is 0 Å². The minimum Gasteiger partial charge on any atom is -0.478 e. The number of carbonyl (C=O) groups is 1. The van der Waals surface area contributed by atoms with E-state index in [1.54, 1.807) is 12.1 Å². The third kappa shape index (κ3) is 5.59. The maximum Gasteiger partial charge on any atom is 0.335 e. The number of hydrogen-bond donors (Lipinski definition) is 1. The lowest BCUT2D eigenvalue weighted by molar-refractivity contribution is 0.0695. The Morgan fingerprint density at radius 2 is 1.93 bits per heavy atom. The Labute approximate surface area is 186 Å². The molecule has 1 saturated carbocycles. The predicted molar refractivity (Wildman–Crippen MR) is 125 cm³/mol. The number of nitrogens with zero attached hydrogens (tertiary/aromatic N) is 1. The van der Waals surface area contributed by atoms with Crippen molar-refractivity contribution < 1.29 is 14.7 Å². The molecule has 1 aliphatic rings. The zero-order chi connectivity index (χ0) is 20.8. The van der Waals surface area contributed by atoms with Crippen molar-refractivity contribution in [2.75, 3.05) is 0 Å². The van der Waals surface area contributed by atoms with Gasteiger partial charge in [-0.3, -0.25) is 0 Å². The monoisotopic (exact) mass is 505 g/mol. The van der Waals surface area contributed by atoms with Crippen LogP contribution in [0, 0.1) is 3.57 Å². The smallest absolute Gasteiger partial charge is 0.335 e. The van der Waals surface area contributed by atoms with Crippen LogP contribution < -0.4 is 0 Å². The molecule has 4 nitrogen and oxygen atoms in total. The van der Waals surface area contributed by atoms with Crippen LogP contribution in [0.5, 0.6) is 0 Å². The number of rotatable bonds is 7. The lowest BCUT2D eigenvalue weighted by Crippen LogP contribution is -2.07. The van der Waals surface area contributed by atoms with Gasteiger partial charge in [-0.15, -0.1) is 0 Å². The first-order chi connectivity index (χ1) is 14.0. The summed E-state index contributed by atoms with van der Waals surface area (Å²) in [5.74, 6) is -0.196. The SMILES string of the molecule is CCc1cc(/C(C)=N/OCc2ccc(C3CCCCC3)c(I)c2)ccc1C(=O)O. The molecular weight excluding hydrogens is 477 g/mol. The molecule has 154 valence electrons. The van der Waals surface area contributed by atoms with E-state index in [1.807, 2.05) is 19.9 Å². The van der Waals surface area contributed by atoms with Gasteiger partial charge in [-0.25, -0.2) is 4.79 Å². The first kappa shape index (κ1) is 21.8. The summed E-state index contributed by atoms with van der Waals surface area (Å²) in [5, 5.41) is 13.5. The minimum absolute atomic E-state index is 0.345. The third-order valence-electron chi connectivity index (χ3n) is 5.68. The number of hydrogen-bond acceptors (Lipinski definition) is 3. The van der Waals surface area contributed by atoms with Crippen molar-refractivity contribution in [2.45, 2.75) is 64.9 Å². The second-order valence-electron chi connectivity index (χ2n) is 7.67. The summed E-state index contributed by atoms with van der Waals surface area (Å²) in [6.07, 6.45) is 7.32. The largest absolute Gasteiger partial charge is 0.478 e. The molecule has 1 aliphatic carbocycles. The lowest BCUT2D eigenvalue weighted by atomic mass is 9.84. The van der Waals surface area contributed by atoms with E-state index >= 15 is 0 Å². The Morgan fingerprint density at radius 1 is 1.17 bits per heavy atom. The molecule has 5 heteroatoms. The maximum absolute atomic E-state index is 11.3. The quantitative estimate of drug-likeness (QED) is 0.264. The standard InChI is InChI=1S/C24H28INO3/c1-3-18-14-20(10-12-22(18)24(27)28)16(2)26-29-15-17-9-11-21(23(25)13-17)19-7-5-4-6-8-19/h9-14,19H,3-8,15H2,1-2H3,(H,27,28)/b26-16+. The fourth-order valence-electron chi connectivity index (χ4n) is 3.98. The van der Waals surface area contributed by atoms with E-state index in [0.717, 1.165) is 22.4 Å². The molecule has 2 aromatic rings. The fourth-order valence-corrected chi connectivity index (χ4v) is 5.00. The van der Waals surface area contributed by atoms with E-state index in [1.165, 1.54) is 41.2 Å². The predicted octanol–water partition coefficient (Wildman–Crippen LogP) is 6.54. The first-order valence-electron chi connectivity index (χ1n) is 10.3. The van der Waals surface area contributed by atoms with E-state index < -0.39 is 5.97 Å². The molecule has 0 atom stereocenters. The second kappa shape index (κ2) is 10.2. The molecule has 0 aromatic heterocycles. The Hall–Kier alpha value is -1.89. The van der Waals surface area contributed by atoms with Crippen LogP contribution in [0.2, 0.25) is 0 Å². The van der Waals surface area contributed by atoms with Crippen molar-refractivity contribution in [3.8, 4) is 0 Å². The van der Waals surface area contributed by atoms with Crippen molar-refractivity contribution in [3.05, 3.63) is 67.8 Å². The minimum atomic E-state index is -0.898. The molecule has 1 N–H and O–H groups in total. The average Bonchev–Trinajstić information content (AvgIpc) is 2.73. The zero-order valence-corrected chi connectivity index (χ0v) is 19.2. The van der Waals surface area contributed by atoms with Gasteiger partial charge < -0.3 is 9.94 Å². The van der Waals surface area contributed by atoms with Crippen LogP contribution in [0.4, 0.5) is 0 Å². The highest BCUT2D eigenvalue weighted by Crippen LogP contribution is 2.35. The fraction of sp³-hybridized carbons (Fsp3) is 0.417. The van der Waals surface area contributed by atoms with Crippen molar-refractivity contribution in [1.82, 2.24) is 0 Å². The molecule has 0 heterocycles. The summed E-state index contributed by atoms with van der Waals surface area (Å²) in [4.78, 5) is 16.9. The van der Waals surface area contributed by atoms with Gasteiger partial charge in [0.1, 0.15) is 6.61 Å². The number of aryl methyl sites for hydroxylation is 1. The first-order valence-corrected chi connectivity index (χ1v) is 11.4. The number of aromatic carboxylic acids is 1. The molecule has 0 aliphatic heterocycles. The van der Waals surface area contributed by atoms with Crippen LogP contribution in [-0.2, 0) is 17.9 Å². The van der Waals surface area contributed by atoms with Crippen molar-refractivity contribution in [2.24, 2.45) is 5.16 Å². The van der Waals surface area contributed by atoms with Gasteiger partial charge >= 0.3 is 5.97 Å². The summed E-state index contributed by atoms with van der Waals surface area (Å²) in [6.45, 7) is 4.25. The molecule has 0 saturated heterocycles. The number of oxime groups is 1. The molecule has 0 radical (unpaired) electrons. The van der Waals surface area contributed by atoms with Crippen LogP contribution in [0.15, 0.2) is 41.6 Å². The van der Waals surface area contributed by atoms with Crippen LogP contribution in [0.1, 0.15) is 84.5 Å². The van der Waals surface area contributed by atoms with E-state index in [-0.39, 0.29) is 0 Å². The summed E-state index contributed by atoms with van der Waals surface area (Å²) < 4.78 is 1.31. The highest BCUT2D eigenvalue weighted by molar-refractivity contribution is 14.1. The van der Waals surface area contributed by atoms with E-state index in [9.17, 15) is 9.90 Å². The maximum atomic E-state index is 11.3. The average molecular weight is 505 g/mol. The van der Waals surface area contributed by atoms with E-state index in [0.29, 0.717) is 24.5 Å². The summed E-state index contributed by atoms with van der Waals surface area (Å²) in [6, 6.07) is 11.9. The number of halogens is 1. The van der Waals surface area contributed by atoms with Crippen LogP contribution in [0.3, 0.4) is 0 Å². The topological polar surface area (TPSA) is 58.9 Å². The zero-order valence-electron chi connectivity index (χ0n) is 17.1. The molecular formula is C24H28INO3. The highest BCUT2D eigenvalue weighted by atomic mass is 127. The van der Waals surface area contributed by atoms with E-state index in [2.05, 4.69) is 45.9 Å².